The lowest BCUT2D eigenvalue weighted by Gasteiger charge is -2.41. The van der Waals surface area contributed by atoms with Crippen molar-refractivity contribution < 1.29 is 4.74 Å². The molecule has 1 aromatic carbocycles. The number of benzene rings is 1. The maximum atomic E-state index is 5.38. The Morgan fingerprint density at radius 2 is 2.11 bits per heavy atom. The van der Waals surface area contributed by atoms with Gasteiger partial charge in [0.05, 0.1) is 11.6 Å². The number of halogens is 1. The van der Waals surface area contributed by atoms with Gasteiger partial charge in [0, 0.05) is 37.4 Å². The third kappa shape index (κ3) is 3.42. The fourth-order valence-corrected chi connectivity index (χ4v) is 2.82. The van der Waals surface area contributed by atoms with E-state index >= 15 is 0 Å². The van der Waals surface area contributed by atoms with E-state index in [2.05, 4.69) is 65.1 Å². The highest BCUT2D eigenvalue weighted by Gasteiger charge is 2.29. The van der Waals surface area contributed by atoms with Gasteiger partial charge in [0.2, 0.25) is 0 Å². The Bertz CT molecular complexity index is 442. The minimum Gasteiger partial charge on any atom is -0.495 e. The Kier molecular flexibility index (Phi) is 4.41. The van der Waals surface area contributed by atoms with Crippen LogP contribution in [0.3, 0.4) is 0 Å². The zero-order valence-corrected chi connectivity index (χ0v) is 13.8. The van der Waals surface area contributed by atoms with Gasteiger partial charge in [-0.15, -0.1) is 0 Å². The lowest BCUT2D eigenvalue weighted by atomic mass is 9.85. The summed E-state index contributed by atoms with van der Waals surface area (Å²) >= 11 is 3.50. The number of nitrogens with one attached hydrogen (secondary N) is 1. The van der Waals surface area contributed by atoms with Crippen LogP contribution in [0.1, 0.15) is 20.8 Å². The highest BCUT2D eigenvalue weighted by Crippen LogP contribution is 2.31. The lowest BCUT2D eigenvalue weighted by Crippen LogP contribution is -2.56. The summed E-state index contributed by atoms with van der Waals surface area (Å²) in [5.74, 6) is 0.892. The molecule has 1 atom stereocenters. The normalized spacial score (nSPS) is 20.5. The van der Waals surface area contributed by atoms with Crippen molar-refractivity contribution in [1.29, 1.82) is 0 Å². The lowest BCUT2D eigenvalue weighted by molar-refractivity contribution is 0.254. The summed E-state index contributed by atoms with van der Waals surface area (Å²) in [4.78, 5) is 2.43. The first kappa shape index (κ1) is 14.7. The van der Waals surface area contributed by atoms with E-state index in [0.29, 0.717) is 6.04 Å². The van der Waals surface area contributed by atoms with Crippen LogP contribution in [-0.4, -0.2) is 32.8 Å². The molecule has 1 N–H and O–H groups in total. The van der Waals surface area contributed by atoms with Gasteiger partial charge < -0.3 is 15.0 Å². The molecule has 1 aliphatic heterocycles. The third-order valence-corrected chi connectivity index (χ3v) is 4.38. The molecule has 0 radical (unpaired) electrons. The van der Waals surface area contributed by atoms with E-state index in [1.54, 1.807) is 7.11 Å². The van der Waals surface area contributed by atoms with Crippen molar-refractivity contribution in [2.75, 3.05) is 31.6 Å². The van der Waals surface area contributed by atoms with Crippen molar-refractivity contribution in [2.24, 2.45) is 5.41 Å². The molecule has 0 saturated carbocycles. The molecule has 1 unspecified atom stereocenters. The number of methoxy groups -OCH3 is 1. The zero-order chi connectivity index (χ0) is 14.0. The van der Waals surface area contributed by atoms with Crippen LogP contribution in [0.4, 0.5) is 5.69 Å². The first-order chi connectivity index (χ1) is 8.91. The van der Waals surface area contributed by atoms with Crippen LogP contribution in [0.5, 0.6) is 5.75 Å². The largest absolute Gasteiger partial charge is 0.495 e. The van der Waals surface area contributed by atoms with Gasteiger partial charge in [-0.3, -0.25) is 0 Å². The average molecular weight is 327 g/mol. The van der Waals surface area contributed by atoms with Gasteiger partial charge in [-0.05, 0) is 33.5 Å². The first-order valence-electron chi connectivity index (χ1n) is 6.73. The summed E-state index contributed by atoms with van der Waals surface area (Å²) in [7, 11) is 1.71. The number of rotatable bonds is 2. The van der Waals surface area contributed by atoms with Gasteiger partial charge in [0.15, 0.2) is 0 Å². The topological polar surface area (TPSA) is 24.5 Å². The van der Waals surface area contributed by atoms with E-state index in [9.17, 15) is 0 Å². The highest BCUT2D eigenvalue weighted by atomic mass is 79.9. The molecule has 0 spiro atoms. The van der Waals surface area contributed by atoms with Crippen LogP contribution in [-0.2, 0) is 0 Å². The zero-order valence-electron chi connectivity index (χ0n) is 12.2. The molecule has 0 bridgehead atoms. The number of anilines is 1. The summed E-state index contributed by atoms with van der Waals surface area (Å²) in [5.41, 5.74) is 1.51. The summed E-state index contributed by atoms with van der Waals surface area (Å²) in [6.07, 6.45) is 0. The van der Waals surface area contributed by atoms with E-state index < -0.39 is 0 Å². The SMILES string of the molecule is COc1cc(N2CCNC(C(C)(C)C)C2)ccc1Br. The minimum atomic E-state index is 0.276. The minimum absolute atomic E-state index is 0.276. The molecule has 1 saturated heterocycles. The maximum absolute atomic E-state index is 5.38. The van der Waals surface area contributed by atoms with Crippen LogP contribution in [0.2, 0.25) is 0 Å². The fraction of sp³-hybridized carbons (Fsp3) is 0.600. The summed E-state index contributed by atoms with van der Waals surface area (Å²) in [6, 6.07) is 6.82. The molecule has 0 aromatic heterocycles. The quantitative estimate of drug-likeness (QED) is 0.902. The van der Waals surface area contributed by atoms with Crippen molar-refractivity contribution in [1.82, 2.24) is 5.32 Å². The van der Waals surface area contributed by atoms with Crippen molar-refractivity contribution in [3.63, 3.8) is 0 Å². The van der Waals surface area contributed by atoms with E-state index in [0.717, 1.165) is 29.9 Å². The average Bonchev–Trinajstić information content (AvgIpc) is 2.38. The van der Waals surface area contributed by atoms with Gasteiger partial charge in [-0.1, -0.05) is 20.8 Å². The second-order valence-electron chi connectivity index (χ2n) is 6.14. The summed E-state index contributed by atoms with van der Waals surface area (Å²) in [5, 5.41) is 3.62. The molecule has 0 aliphatic carbocycles. The van der Waals surface area contributed by atoms with Crippen molar-refractivity contribution in [3.8, 4) is 5.75 Å². The standard InChI is InChI=1S/C15H23BrN2O/c1-15(2,3)14-10-18(8-7-17-14)11-5-6-12(16)13(9-11)19-4/h5-6,9,14,17H,7-8,10H2,1-4H3. The number of piperazine rings is 1. The van der Waals surface area contributed by atoms with Gasteiger partial charge in [-0.2, -0.15) is 0 Å². The molecule has 3 nitrogen and oxygen atoms in total. The number of nitrogens with zero attached hydrogens (tertiary/aromatic N) is 1. The molecule has 0 amide bonds. The van der Waals surface area contributed by atoms with E-state index in [4.69, 9.17) is 4.74 Å². The van der Waals surface area contributed by atoms with Crippen molar-refractivity contribution in [3.05, 3.63) is 22.7 Å². The molecule has 1 aromatic rings. The van der Waals surface area contributed by atoms with Crippen LogP contribution >= 0.6 is 15.9 Å². The summed E-state index contributed by atoms with van der Waals surface area (Å²) in [6.45, 7) is 9.97. The van der Waals surface area contributed by atoms with Gasteiger partial charge in [0.1, 0.15) is 5.75 Å². The molecule has 2 rings (SSSR count). The van der Waals surface area contributed by atoms with Gasteiger partial charge in [-0.25, -0.2) is 0 Å². The highest BCUT2D eigenvalue weighted by molar-refractivity contribution is 9.10. The van der Waals surface area contributed by atoms with Gasteiger partial charge >= 0.3 is 0 Å². The Hall–Kier alpha value is -0.740. The van der Waals surface area contributed by atoms with Crippen LogP contribution in [0, 0.1) is 5.41 Å². The maximum Gasteiger partial charge on any atom is 0.135 e. The smallest absolute Gasteiger partial charge is 0.135 e. The Morgan fingerprint density at radius 1 is 1.37 bits per heavy atom. The molecule has 1 fully saturated rings. The molecular weight excluding hydrogens is 304 g/mol. The predicted molar refractivity (Wildman–Crippen MR) is 84.2 cm³/mol. The molecule has 1 aliphatic rings. The van der Waals surface area contributed by atoms with E-state index in [1.807, 2.05) is 0 Å². The molecule has 106 valence electrons. The Balaban J connectivity index is 2.17. The van der Waals surface area contributed by atoms with Crippen LogP contribution < -0.4 is 15.0 Å². The Labute approximate surface area is 124 Å². The first-order valence-corrected chi connectivity index (χ1v) is 7.53. The molecule has 1 heterocycles. The second-order valence-corrected chi connectivity index (χ2v) is 6.99. The van der Waals surface area contributed by atoms with E-state index in [-0.39, 0.29) is 5.41 Å². The van der Waals surface area contributed by atoms with Crippen LogP contribution in [0.25, 0.3) is 0 Å². The number of hydrogen-bond acceptors (Lipinski definition) is 3. The Morgan fingerprint density at radius 3 is 2.74 bits per heavy atom. The summed E-state index contributed by atoms with van der Waals surface area (Å²) < 4.78 is 6.38. The molecular formula is C15H23BrN2O. The second kappa shape index (κ2) is 5.71. The van der Waals surface area contributed by atoms with Crippen molar-refractivity contribution >= 4 is 21.6 Å². The fourth-order valence-electron chi connectivity index (χ4n) is 2.41. The molecule has 19 heavy (non-hydrogen) atoms. The monoisotopic (exact) mass is 326 g/mol. The predicted octanol–water partition coefficient (Wildman–Crippen LogP) is 3.28. The number of ether oxygens (including phenoxy) is 1. The van der Waals surface area contributed by atoms with Gasteiger partial charge in [0.25, 0.3) is 0 Å². The van der Waals surface area contributed by atoms with E-state index in [1.165, 1.54) is 5.69 Å². The van der Waals surface area contributed by atoms with Crippen molar-refractivity contribution in [2.45, 2.75) is 26.8 Å². The molecule has 4 heteroatoms. The van der Waals surface area contributed by atoms with Crippen LogP contribution in [0.15, 0.2) is 22.7 Å². The number of hydrogen-bond donors (Lipinski definition) is 1. The third-order valence-electron chi connectivity index (χ3n) is 3.72.